The highest BCUT2D eigenvalue weighted by Gasteiger charge is 2.38. The molecule has 0 spiro atoms. The fraction of sp³-hybridized carbons (Fsp3) is 0.800. The van der Waals surface area contributed by atoms with Crippen LogP contribution in [0.2, 0.25) is 0 Å². The zero-order valence-corrected chi connectivity index (χ0v) is 12.1. The Balaban J connectivity index is 1.96. The Bertz CT molecular complexity index is 404. The minimum Gasteiger partial charge on any atom is -0.392 e. The highest BCUT2D eigenvalue weighted by Crippen LogP contribution is 2.34. The molecule has 0 aromatic carbocycles. The maximum Gasteiger partial charge on any atom is 0.226 e. The first kappa shape index (κ1) is 15.2. The Morgan fingerprint density at radius 1 is 1.15 bits per heavy atom. The molecule has 20 heavy (non-hydrogen) atoms. The van der Waals surface area contributed by atoms with Crippen molar-refractivity contribution in [2.24, 2.45) is 23.7 Å². The van der Waals surface area contributed by atoms with Gasteiger partial charge in [-0.25, -0.2) is 0 Å². The molecule has 1 aliphatic carbocycles. The van der Waals surface area contributed by atoms with E-state index in [-0.39, 0.29) is 48.2 Å². The number of hydrogen-bond donors (Lipinski definition) is 2. The Labute approximate surface area is 119 Å². The van der Waals surface area contributed by atoms with Crippen LogP contribution in [0.4, 0.5) is 0 Å². The smallest absolute Gasteiger partial charge is 0.226 e. The normalized spacial score (nSPS) is 34.0. The van der Waals surface area contributed by atoms with Gasteiger partial charge in [-0.05, 0) is 31.1 Å². The predicted molar refractivity (Wildman–Crippen MR) is 72.6 cm³/mol. The summed E-state index contributed by atoms with van der Waals surface area (Å²) in [7, 11) is 0. The third-order valence-electron chi connectivity index (χ3n) is 4.53. The van der Waals surface area contributed by atoms with Crippen LogP contribution in [0.25, 0.3) is 0 Å². The number of Topliss-reactive ketones (excluding diaryl/α,β-unsaturated/α-hetero) is 1. The average Bonchev–Trinajstić information content (AvgIpc) is 2.32. The second kappa shape index (κ2) is 6.04. The lowest BCUT2D eigenvalue weighted by Gasteiger charge is -2.34. The molecule has 2 fully saturated rings. The van der Waals surface area contributed by atoms with E-state index in [1.807, 2.05) is 6.92 Å². The van der Waals surface area contributed by atoms with Crippen molar-refractivity contribution in [2.45, 2.75) is 52.1 Å². The number of imide groups is 1. The number of aliphatic hydroxyl groups is 1. The monoisotopic (exact) mass is 281 g/mol. The Kier molecular flexibility index (Phi) is 4.58. The third kappa shape index (κ3) is 3.45. The molecule has 1 saturated heterocycles. The average molecular weight is 281 g/mol. The van der Waals surface area contributed by atoms with Crippen molar-refractivity contribution in [3.63, 3.8) is 0 Å². The number of amides is 2. The van der Waals surface area contributed by atoms with Crippen molar-refractivity contribution in [3.8, 4) is 0 Å². The van der Waals surface area contributed by atoms with E-state index in [1.54, 1.807) is 0 Å². The van der Waals surface area contributed by atoms with Gasteiger partial charge >= 0.3 is 0 Å². The van der Waals surface area contributed by atoms with Crippen molar-refractivity contribution in [1.82, 2.24) is 5.32 Å². The highest BCUT2D eigenvalue weighted by atomic mass is 16.3. The maximum absolute atomic E-state index is 12.2. The molecule has 1 aliphatic heterocycles. The number of rotatable bonds is 3. The lowest BCUT2D eigenvalue weighted by Crippen LogP contribution is -2.42. The first-order valence-corrected chi connectivity index (χ1v) is 7.41. The van der Waals surface area contributed by atoms with Crippen LogP contribution in [0, 0.1) is 23.7 Å². The summed E-state index contributed by atoms with van der Waals surface area (Å²) in [6, 6.07) is 0. The van der Waals surface area contributed by atoms with E-state index < -0.39 is 6.10 Å². The third-order valence-corrected chi connectivity index (χ3v) is 4.53. The molecule has 2 amide bonds. The predicted octanol–water partition coefficient (Wildman–Crippen LogP) is 1.04. The van der Waals surface area contributed by atoms with Crippen LogP contribution in [0.15, 0.2) is 0 Å². The summed E-state index contributed by atoms with van der Waals surface area (Å²) >= 11 is 0. The number of piperidine rings is 1. The van der Waals surface area contributed by atoms with Gasteiger partial charge in [0.05, 0.1) is 6.10 Å². The molecule has 0 bridgehead atoms. The van der Waals surface area contributed by atoms with Gasteiger partial charge in [0.25, 0.3) is 0 Å². The van der Waals surface area contributed by atoms with E-state index >= 15 is 0 Å². The van der Waals surface area contributed by atoms with Crippen molar-refractivity contribution < 1.29 is 19.5 Å². The van der Waals surface area contributed by atoms with Crippen molar-refractivity contribution >= 4 is 17.6 Å². The first-order chi connectivity index (χ1) is 9.36. The van der Waals surface area contributed by atoms with Crippen LogP contribution < -0.4 is 5.32 Å². The second-order valence-corrected chi connectivity index (χ2v) is 6.54. The number of ketones is 1. The van der Waals surface area contributed by atoms with Gasteiger partial charge < -0.3 is 5.11 Å². The topological polar surface area (TPSA) is 83.5 Å². The summed E-state index contributed by atoms with van der Waals surface area (Å²) in [5, 5.41) is 12.6. The summed E-state index contributed by atoms with van der Waals surface area (Å²) in [5.74, 6) is -0.499. The lowest BCUT2D eigenvalue weighted by molar-refractivity contribution is -0.136. The molecule has 1 heterocycles. The Morgan fingerprint density at radius 3 is 2.35 bits per heavy atom. The van der Waals surface area contributed by atoms with Crippen LogP contribution in [0.5, 0.6) is 0 Å². The Morgan fingerprint density at radius 2 is 1.75 bits per heavy atom. The van der Waals surface area contributed by atoms with E-state index in [2.05, 4.69) is 12.2 Å². The molecule has 1 saturated carbocycles. The van der Waals surface area contributed by atoms with Crippen molar-refractivity contribution in [1.29, 1.82) is 0 Å². The number of nitrogens with one attached hydrogen (secondary N) is 1. The molecular formula is C15H23NO4. The zero-order chi connectivity index (χ0) is 14.9. The number of carbonyl (C=O) groups excluding carboxylic acids is 3. The zero-order valence-electron chi connectivity index (χ0n) is 12.1. The summed E-state index contributed by atoms with van der Waals surface area (Å²) in [5.41, 5.74) is 0. The van der Waals surface area contributed by atoms with Crippen molar-refractivity contribution in [2.75, 3.05) is 0 Å². The molecule has 0 unspecified atom stereocenters. The van der Waals surface area contributed by atoms with Crippen LogP contribution in [0.3, 0.4) is 0 Å². The molecule has 4 atom stereocenters. The number of aliphatic hydroxyl groups excluding tert-OH is 1. The van der Waals surface area contributed by atoms with Gasteiger partial charge in [0.15, 0.2) is 0 Å². The molecule has 5 heteroatoms. The van der Waals surface area contributed by atoms with Crippen LogP contribution >= 0.6 is 0 Å². The van der Waals surface area contributed by atoms with Gasteiger partial charge in [-0.2, -0.15) is 0 Å². The van der Waals surface area contributed by atoms with Crippen LogP contribution in [-0.4, -0.2) is 28.8 Å². The summed E-state index contributed by atoms with van der Waals surface area (Å²) in [6.45, 7) is 4.01. The quantitative estimate of drug-likeness (QED) is 0.757. The fourth-order valence-electron chi connectivity index (χ4n) is 3.60. The molecule has 112 valence electrons. The van der Waals surface area contributed by atoms with Gasteiger partial charge in [-0.1, -0.05) is 13.8 Å². The standard InChI is InChI=1S/C15H23NO4/c1-8-3-9(2)15(20)11(4-8)12(17)5-10-6-13(18)16-14(19)7-10/h8-12,17H,3-7H2,1-2H3,(H,16,18,19)/t8-,9+,11-,12+/m1/s1. The number of hydrogen-bond acceptors (Lipinski definition) is 4. The van der Waals surface area contributed by atoms with E-state index in [0.29, 0.717) is 18.8 Å². The van der Waals surface area contributed by atoms with E-state index in [1.165, 1.54) is 0 Å². The Hall–Kier alpha value is -1.23. The SMILES string of the molecule is C[C@@H]1C[C@H](C)C(=O)[C@@H]([C@@H](O)CC2CC(=O)NC(=O)C2)C1. The van der Waals surface area contributed by atoms with Gasteiger partial charge in [-0.3, -0.25) is 19.7 Å². The molecule has 0 radical (unpaired) electrons. The summed E-state index contributed by atoms with van der Waals surface area (Å²) in [6.07, 6.45) is 1.72. The van der Waals surface area contributed by atoms with Gasteiger partial charge in [0.1, 0.15) is 5.78 Å². The van der Waals surface area contributed by atoms with Gasteiger partial charge in [-0.15, -0.1) is 0 Å². The molecular weight excluding hydrogens is 258 g/mol. The molecule has 2 rings (SSSR count). The minimum atomic E-state index is -0.739. The second-order valence-electron chi connectivity index (χ2n) is 6.54. The maximum atomic E-state index is 12.2. The molecule has 0 aromatic heterocycles. The highest BCUT2D eigenvalue weighted by molar-refractivity contribution is 5.97. The number of carbonyl (C=O) groups is 3. The van der Waals surface area contributed by atoms with Gasteiger partial charge in [0, 0.05) is 24.7 Å². The molecule has 2 N–H and O–H groups in total. The van der Waals surface area contributed by atoms with E-state index in [4.69, 9.17) is 0 Å². The fourth-order valence-corrected chi connectivity index (χ4v) is 3.60. The molecule has 2 aliphatic rings. The lowest BCUT2D eigenvalue weighted by atomic mass is 9.71. The summed E-state index contributed by atoms with van der Waals surface area (Å²) in [4.78, 5) is 34.8. The van der Waals surface area contributed by atoms with Crippen molar-refractivity contribution in [3.05, 3.63) is 0 Å². The first-order valence-electron chi connectivity index (χ1n) is 7.41. The van der Waals surface area contributed by atoms with E-state index in [9.17, 15) is 19.5 Å². The summed E-state index contributed by atoms with van der Waals surface area (Å²) < 4.78 is 0. The van der Waals surface area contributed by atoms with E-state index in [0.717, 1.165) is 6.42 Å². The van der Waals surface area contributed by atoms with Crippen LogP contribution in [0.1, 0.15) is 46.0 Å². The minimum absolute atomic E-state index is 0.00492. The van der Waals surface area contributed by atoms with Gasteiger partial charge in [0.2, 0.25) is 11.8 Å². The van der Waals surface area contributed by atoms with Crippen LogP contribution in [-0.2, 0) is 14.4 Å². The largest absolute Gasteiger partial charge is 0.392 e. The molecule has 0 aromatic rings. The molecule has 5 nitrogen and oxygen atoms in total.